The molecular weight excluding hydrogens is 292 g/mol. The molecule has 122 valence electrons. The van der Waals surface area contributed by atoms with Crippen molar-refractivity contribution in [1.82, 2.24) is 20.1 Å². The lowest BCUT2D eigenvalue weighted by Gasteiger charge is -2.18. The molecule has 0 fully saturated rings. The molecule has 6 nitrogen and oxygen atoms in total. The van der Waals surface area contributed by atoms with Gasteiger partial charge in [0.15, 0.2) is 5.82 Å². The summed E-state index contributed by atoms with van der Waals surface area (Å²) in [6, 6.07) is 9.65. The van der Waals surface area contributed by atoms with E-state index in [9.17, 15) is 4.79 Å². The van der Waals surface area contributed by atoms with Gasteiger partial charge in [-0.2, -0.15) is 0 Å². The zero-order valence-electron chi connectivity index (χ0n) is 13.5. The second kappa shape index (κ2) is 6.91. The SMILES string of the molecule is CC(OCc1ccccc1)C(=O)NC(C)c1nnc2n1CCC2. The third-order valence-corrected chi connectivity index (χ3v) is 4.10. The molecule has 1 amide bonds. The Bertz CT molecular complexity index is 668. The lowest BCUT2D eigenvalue weighted by Crippen LogP contribution is -2.37. The molecule has 1 aromatic heterocycles. The second-order valence-electron chi connectivity index (χ2n) is 5.90. The Kier molecular flexibility index (Phi) is 4.71. The number of ether oxygens (including phenoxy) is 1. The highest BCUT2D eigenvalue weighted by atomic mass is 16.5. The van der Waals surface area contributed by atoms with Crippen LogP contribution in [0.15, 0.2) is 30.3 Å². The average molecular weight is 314 g/mol. The number of hydrogen-bond acceptors (Lipinski definition) is 4. The van der Waals surface area contributed by atoms with E-state index in [0.29, 0.717) is 6.61 Å². The summed E-state index contributed by atoms with van der Waals surface area (Å²) in [4.78, 5) is 12.3. The Morgan fingerprint density at radius 2 is 2.09 bits per heavy atom. The van der Waals surface area contributed by atoms with E-state index >= 15 is 0 Å². The summed E-state index contributed by atoms with van der Waals surface area (Å²) in [6.45, 7) is 5.04. The van der Waals surface area contributed by atoms with E-state index < -0.39 is 6.10 Å². The molecule has 23 heavy (non-hydrogen) atoms. The van der Waals surface area contributed by atoms with Crippen LogP contribution in [0.25, 0.3) is 0 Å². The fourth-order valence-corrected chi connectivity index (χ4v) is 2.76. The van der Waals surface area contributed by atoms with Crippen LogP contribution in [0.2, 0.25) is 0 Å². The lowest BCUT2D eigenvalue weighted by molar-refractivity contribution is -0.133. The molecule has 2 aromatic rings. The number of nitrogens with one attached hydrogen (secondary N) is 1. The number of benzene rings is 1. The largest absolute Gasteiger partial charge is 0.364 e. The average Bonchev–Trinajstić information content (AvgIpc) is 3.16. The minimum Gasteiger partial charge on any atom is -0.364 e. The standard InChI is InChI=1S/C17H22N4O2/c1-12(16-20-19-15-9-6-10-21(15)16)18-17(22)13(2)23-11-14-7-4-3-5-8-14/h3-5,7-8,12-13H,6,9-11H2,1-2H3,(H,18,22). The summed E-state index contributed by atoms with van der Waals surface area (Å²) in [5.74, 6) is 1.69. The summed E-state index contributed by atoms with van der Waals surface area (Å²) < 4.78 is 7.74. The zero-order valence-corrected chi connectivity index (χ0v) is 13.5. The second-order valence-corrected chi connectivity index (χ2v) is 5.90. The van der Waals surface area contributed by atoms with Gasteiger partial charge in [-0.3, -0.25) is 4.79 Å². The number of carbonyl (C=O) groups excluding carboxylic acids is 1. The van der Waals surface area contributed by atoms with Gasteiger partial charge in [-0.25, -0.2) is 0 Å². The van der Waals surface area contributed by atoms with Crippen LogP contribution >= 0.6 is 0 Å². The van der Waals surface area contributed by atoms with E-state index in [2.05, 4.69) is 20.1 Å². The fraction of sp³-hybridized carbons (Fsp3) is 0.471. The van der Waals surface area contributed by atoms with Gasteiger partial charge in [0.1, 0.15) is 11.9 Å². The molecule has 0 spiro atoms. The van der Waals surface area contributed by atoms with E-state index in [4.69, 9.17) is 4.74 Å². The van der Waals surface area contributed by atoms with Gasteiger partial charge in [-0.15, -0.1) is 10.2 Å². The molecule has 2 atom stereocenters. The van der Waals surface area contributed by atoms with Crippen LogP contribution in [-0.4, -0.2) is 26.8 Å². The first-order chi connectivity index (χ1) is 11.1. The van der Waals surface area contributed by atoms with Crippen molar-refractivity contribution in [2.24, 2.45) is 0 Å². The van der Waals surface area contributed by atoms with Crippen molar-refractivity contribution in [3.63, 3.8) is 0 Å². The topological polar surface area (TPSA) is 69.0 Å². The van der Waals surface area contributed by atoms with Crippen molar-refractivity contribution in [1.29, 1.82) is 0 Å². The number of nitrogens with zero attached hydrogens (tertiary/aromatic N) is 3. The highest BCUT2D eigenvalue weighted by Crippen LogP contribution is 2.19. The first-order valence-corrected chi connectivity index (χ1v) is 8.03. The van der Waals surface area contributed by atoms with Gasteiger partial charge in [0.25, 0.3) is 0 Å². The molecular formula is C17H22N4O2. The maximum absolute atomic E-state index is 12.3. The maximum atomic E-state index is 12.3. The predicted octanol–water partition coefficient (Wildman–Crippen LogP) is 2.01. The quantitative estimate of drug-likeness (QED) is 0.885. The molecule has 1 aliphatic rings. The number of carbonyl (C=O) groups is 1. The van der Waals surface area contributed by atoms with E-state index in [1.54, 1.807) is 6.92 Å². The highest BCUT2D eigenvalue weighted by molar-refractivity contribution is 5.80. The fourth-order valence-electron chi connectivity index (χ4n) is 2.76. The number of fused-ring (bicyclic) bond motifs is 1. The van der Waals surface area contributed by atoms with Crippen LogP contribution in [-0.2, 0) is 29.1 Å². The predicted molar refractivity (Wildman–Crippen MR) is 85.6 cm³/mol. The number of aromatic nitrogens is 3. The van der Waals surface area contributed by atoms with Crippen LogP contribution in [0, 0.1) is 0 Å². The Hall–Kier alpha value is -2.21. The van der Waals surface area contributed by atoms with Crippen LogP contribution < -0.4 is 5.32 Å². The van der Waals surface area contributed by atoms with Crippen molar-refractivity contribution < 1.29 is 9.53 Å². The highest BCUT2D eigenvalue weighted by Gasteiger charge is 2.24. The van der Waals surface area contributed by atoms with Crippen molar-refractivity contribution in [2.75, 3.05) is 0 Å². The Balaban J connectivity index is 1.53. The molecule has 1 aromatic carbocycles. The molecule has 1 aliphatic heterocycles. The number of rotatable bonds is 6. The Labute approximate surface area is 135 Å². The molecule has 3 rings (SSSR count). The minimum absolute atomic E-state index is 0.135. The normalized spacial score (nSPS) is 15.9. The summed E-state index contributed by atoms with van der Waals surface area (Å²) in [5.41, 5.74) is 1.05. The Morgan fingerprint density at radius 3 is 2.87 bits per heavy atom. The molecule has 0 saturated heterocycles. The van der Waals surface area contributed by atoms with Gasteiger partial charge in [0.2, 0.25) is 5.91 Å². The van der Waals surface area contributed by atoms with Crippen molar-refractivity contribution in [3.8, 4) is 0 Å². The first-order valence-electron chi connectivity index (χ1n) is 8.03. The zero-order chi connectivity index (χ0) is 16.2. The molecule has 1 N–H and O–H groups in total. The van der Waals surface area contributed by atoms with Crippen molar-refractivity contribution >= 4 is 5.91 Å². The summed E-state index contributed by atoms with van der Waals surface area (Å²) in [5, 5.41) is 11.3. The van der Waals surface area contributed by atoms with Crippen molar-refractivity contribution in [2.45, 2.75) is 52.0 Å². The Morgan fingerprint density at radius 1 is 1.30 bits per heavy atom. The third kappa shape index (κ3) is 3.59. The van der Waals surface area contributed by atoms with Gasteiger partial charge in [0.05, 0.1) is 12.6 Å². The van der Waals surface area contributed by atoms with Crippen molar-refractivity contribution in [3.05, 3.63) is 47.5 Å². The van der Waals surface area contributed by atoms with Crippen LogP contribution in [0.5, 0.6) is 0 Å². The number of amides is 1. The summed E-state index contributed by atoms with van der Waals surface area (Å²) in [6.07, 6.45) is 1.54. The summed E-state index contributed by atoms with van der Waals surface area (Å²) >= 11 is 0. The molecule has 2 unspecified atom stereocenters. The van der Waals surface area contributed by atoms with Crippen LogP contribution in [0.4, 0.5) is 0 Å². The molecule has 0 saturated carbocycles. The van der Waals surface area contributed by atoms with Gasteiger partial charge in [-0.1, -0.05) is 30.3 Å². The van der Waals surface area contributed by atoms with Gasteiger partial charge < -0.3 is 14.6 Å². The van der Waals surface area contributed by atoms with E-state index in [1.165, 1.54) is 0 Å². The molecule has 0 bridgehead atoms. The maximum Gasteiger partial charge on any atom is 0.249 e. The van der Waals surface area contributed by atoms with E-state index in [-0.39, 0.29) is 11.9 Å². The smallest absolute Gasteiger partial charge is 0.249 e. The minimum atomic E-state index is -0.515. The van der Waals surface area contributed by atoms with Crippen LogP contribution in [0.1, 0.15) is 43.5 Å². The number of hydrogen-bond donors (Lipinski definition) is 1. The van der Waals surface area contributed by atoms with Gasteiger partial charge in [0, 0.05) is 13.0 Å². The van der Waals surface area contributed by atoms with Gasteiger partial charge >= 0.3 is 0 Å². The van der Waals surface area contributed by atoms with E-state index in [0.717, 1.165) is 36.6 Å². The van der Waals surface area contributed by atoms with E-state index in [1.807, 2.05) is 37.3 Å². The third-order valence-electron chi connectivity index (χ3n) is 4.10. The first kappa shape index (κ1) is 15.7. The molecule has 6 heteroatoms. The summed E-state index contributed by atoms with van der Waals surface area (Å²) in [7, 11) is 0. The number of aryl methyl sites for hydroxylation is 1. The molecule has 0 aliphatic carbocycles. The van der Waals surface area contributed by atoms with Crippen LogP contribution in [0.3, 0.4) is 0 Å². The monoisotopic (exact) mass is 314 g/mol. The molecule has 2 heterocycles. The lowest BCUT2D eigenvalue weighted by atomic mass is 10.2. The molecule has 0 radical (unpaired) electrons. The van der Waals surface area contributed by atoms with Gasteiger partial charge in [-0.05, 0) is 25.8 Å².